The van der Waals surface area contributed by atoms with Crippen LogP contribution in [0.15, 0.2) is 18.2 Å². The third-order valence-corrected chi connectivity index (χ3v) is 4.12. The predicted octanol–water partition coefficient (Wildman–Crippen LogP) is 2.43. The zero-order valence-corrected chi connectivity index (χ0v) is 12.7. The number of carbonyl (C=O) groups is 1. The van der Waals surface area contributed by atoms with Crippen molar-refractivity contribution < 1.29 is 22.7 Å². The number of halogens is 3. The van der Waals surface area contributed by atoms with Gasteiger partial charge in [0.15, 0.2) is 0 Å². The third-order valence-electron chi connectivity index (χ3n) is 4.12. The number of hydrogen-bond donors (Lipinski definition) is 1. The van der Waals surface area contributed by atoms with E-state index in [1.165, 1.54) is 6.07 Å². The smallest absolute Gasteiger partial charge is 0.416 e. The van der Waals surface area contributed by atoms with E-state index in [-0.39, 0.29) is 11.7 Å². The number of ether oxygens (including phenoxy) is 1. The van der Waals surface area contributed by atoms with Crippen LogP contribution in [-0.4, -0.2) is 37.0 Å². The third kappa shape index (κ3) is 4.23. The van der Waals surface area contributed by atoms with Gasteiger partial charge in [0.2, 0.25) is 0 Å². The number of alkyl halides is 3. The minimum atomic E-state index is -4.45. The highest BCUT2D eigenvalue weighted by Gasteiger charge is 2.34. The Balaban J connectivity index is 1.81. The first-order chi connectivity index (χ1) is 10.9. The Morgan fingerprint density at radius 2 is 1.96 bits per heavy atom. The summed E-state index contributed by atoms with van der Waals surface area (Å²) in [6.45, 7) is 3.80. The number of rotatable bonds is 4. The summed E-state index contributed by atoms with van der Waals surface area (Å²) in [5.41, 5.74) is -0.172. The van der Waals surface area contributed by atoms with Crippen molar-refractivity contribution in [1.29, 1.82) is 0 Å². The minimum absolute atomic E-state index is 0.0373. The van der Waals surface area contributed by atoms with Crippen molar-refractivity contribution in [1.82, 2.24) is 10.2 Å². The molecule has 1 N–H and O–H groups in total. The van der Waals surface area contributed by atoms with Crippen LogP contribution in [0.3, 0.4) is 0 Å². The molecule has 0 aromatic heterocycles. The number of nitrogens with one attached hydrogen (secondary N) is 1. The molecule has 4 nitrogen and oxygen atoms in total. The fraction of sp³-hybridized carbons (Fsp3) is 0.562. The van der Waals surface area contributed by atoms with Crippen LogP contribution in [0, 0.1) is 5.92 Å². The Hall–Kier alpha value is -1.60. The summed E-state index contributed by atoms with van der Waals surface area (Å²) in [4.78, 5) is 14.0. The molecule has 0 atom stereocenters. The summed E-state index contributed by atoms with van der Waals surface area (Å²) >= 11 is 0. The second kappa shape index (κ2) is 6.49. The van der Waals surface area contributed by atoms with E-state index in [0.29, 0.717) is 12.1 Å². The number of carbonyl (C=O) groups excluding carboxylic acids is 1. The van der Waals surface area contributed by atoms with E-state index in [9.17, 15) is 18.0 Å². The lowest BCUT2D eigenvalue weighted by atomic mass is 10.1. The molecule has 126 valence electrons. The Bertz CT molecular complexity index is 579. The van der Waals surface area contributed by atoms with Gasteiger partial charge in [-0.05, 0) is 25.0 Å². The largest absolute Gasteiger partial charge is 0.426 e. The van der Waals surface area contributed by atoms with Crippen molar-refractivity contribution in [2.24, 2.45) is 5.92 Å². The van der Waals surface area contributed by atoms with Gasteiger partial charge in [0.05, 0.1) is 11.5 Å². The van der Waals surface area contributed by atoms with Gasteiger partial charge in [0, 0.05) is 38.3 Å². The van der Waals surface area contributed by atoms with Crippen molar-refractivity contribution >= 4 is 5.97 Å². The highest BCUT2D eigenvalue weighted by Crippen LogP contribution is 2.36. The normalized spacial score (nSPS) is 19.6. The predicted molar refractivity (Wildman–Crippen MR) is 77.9 cm³/mol. The molecule has 1 aromatic carbocycles. The average Bonchev–Trinajstić information content (AvgIpc) is 3.33. The number of piperazine rings is 1. The molecule has 1 heterocycles. The SMILES string of the molecule is O=C(Oc1cc(C(F)(F)F)ccc1CN1CCNCC1)C1CC1. The van der Waals surface area contributed by atoms with Crippen LogP contribution in [0.5, 0.6) is 5.75 Å². The molecule has 1 aromatic rings. The lowest BCUT2D eigenvalue weighted by molar-refractivity contribution is -0.139. The van der Waals surface area contributed by atoms with Crippen LogP contribution in [-0.2, 0) is 17.5 Å². The van der Waals surface area contributed by atoms with Gasteiger partial charge in [0.1, 0.15) is 5.75 Å². The molecule has 2 aliphatic rings. The minimum Gasteiger partial charge on any atom is -0.426 e. The van der Waals surface area contributed by atoms with Crippen molar-refractivity contribution in [3.63, 3.8) is 0 Å². The summed E-state index contributed by atoms with van der Waals surface area (Å²) < 4.78 is 44.0. The van der Waals surface area contributed by atoms with Gasteiger partial charge in [0.25, 0.3) is 0 Å². The summed E-state index contributed by atoms with van der Waals surface area (Å²) in [6, 6.07) is 3.41. The van der Waals surface area contributed by atoms with E-state index in [1.54, 1.807) is 0 Å². The number of hydrogen-bond acceptors (Lipinski definition) is 4. The fourth-order valence-electron chi connectivity index (χ4n) is 2.58. The van der Waals surface area contributed by atoms with Crippen LogP contribution in [0.25, 0.3) is 0 Å². The van der Waals surface area contributed by atoms with Crippen molar-refractivity contribution in [3.8, 4) is 5.75 Å². The van der Waals surface area contributed by atoms with Crippen molar-refractivity contribution in [3.05, 3.63) is 29.3 Å². The first-order valence-corrected chi connectivity index (χ1v) is 7.78. The lowest BCUT2D eigenvalue weighted by Gasteiger charge is -2.28. The van der Waals surface area contributed by atoms with Crippen LogP contribution < -0.4 is 10.1 Å². The van der Waals surface area contributed by atoms with Gasteiger partial charge >= 0.3 is 12.1 Å². The van der Waals surface area contributed by atoms with Crippen LogP contribution in [0.4, 0.5) is 13.2 Å². The first kappa shape index (κ1) is 16.3. The molecule has 1 aliphatic carbocycles. The fourth-order valence-corrected chi connectivity index (χ4v) is 2.58. The maximum atomic E-state index is 12.9. The van der Waals surface area contributed by atoms with Crippen LogP contribution in [0.2, 0.25) is 0 Å². The number of nitrogens with zero attached hydrogens (tertiary/aromatic N) is 1. The van der Waals surface area contributed by atoms with E-state index in [1.807, 2.05) is 0 Å². The molecular weight excluding hydrogens is 309 g/mol. The molecular formula is C16H19F3N2O2. The zero-order valence-electron chi connectivity index (χ0n) is 12.7. The van der Waals surface area contributed by atoms with Gasteiger partial charge in [-0.15, -0.1) is 0 Å². The van der Waals surface area contributed by atoms with Gasteiger partial charge in [-0.2, -0.15) is 13.2 Å². The van der Waals surface area contributed by atoms with E-state index >= 15 is 0 Å². The second-order valence-electron chi connectivity index (χ2n) is 6.04. The molecule has 1 saturated carbocycles. The van der Waals surface area contributed by atoms with Gasteiger partial charge in [-0.1, -0.05) is 6.07 Å². The summed E-state index contributed by atoms with van der Waals surface area (Å²) in [5.74, 6) is -0.544. The van der Waals surface area contributed by atoms with E-state index in [2.05, 4.69) is 10.2 Å². The van der Waals surface area contributed by atoms with E-state index in [4.69, 9.17) is 4.74 Å². The zero-order chi connectivity index (χ0) is 16.4. The first-order valence-electron chi connectivity index (χ1n) is 7.78. The Kier molecular flexibility index (Phi) is 4.59. The molecule has 23 heavy (non-hydrogen) atoms. The van der Waals surface area contributed by atoms with Gasteiger partial charge in [-0.3, -0.25) is 9.69 Å². The topological polar surface area (TPSA) is 41.6 Å². The highest BCUT2D eigenvalue weighted by atomic mass is 19.4. The Morgan fingerprint density at radius 1 is 1.26 bits per heavy atom. The average molecular weight is 328 g/mol. The lowest BCUT2D eigenvalue weighted by Crippen LogP contribution is -2.42. The maximum absolute atomic E-state index is 12.9. The molecule has 0 bridgehead atoms. The summed E-state index contributed by atoms with van der Waals surface area (Å²) in [6.07, 6.45) is -2.94. The monoisotopic (exact) mass is 328 g/mol. The number of benzene rings is 1. The molecule has 0 amide bonds. The number of esters is 1. The Labute approximate surface area is 132 Å². The molecule has 7 heteroatoms. The quantitative estimate of drug-likeness (QED) is 0.681. The maximum Gasteiger partial charge on any atom is 0.416 e. The molecule has 3 rings (SSSR count). The molecule has 2 fully saturated rings. The summed E-state index contributed by atoms with van der Waals surface area (Å²) in [7, 11) is 0. The van der Waals surface area contributed by atoms with E-state index < -0.39 is 17.7 Å². The van der Waals surface area contributed by atoms with Crippen LogP contribution >= 0.6 is 0 Å². The van der Waals surface area contributed by atoms with Gasteiger partial charge < -0.3 is 10.1 Å². The van der Waals surface area contributed by atoms with Crippen molar-refractivity contribution in [2.75, 3.05) is 26.2 Å². The molecule has 1 saturated heterocycles. The standard InChI is InChI=1S/C16H19F3N2O2/c17-16(18,19)13-4-3-12(10-21-7-5-20-6-8-21)14(9-13)23-15(22)11-1-2-11/h3-4,9,11,20H,1-2,5-8,10H2. The molecule has 0 spiro atoms. The highest BCUT2D eigenvalue weighted by molar-refractivity contribution is 5.77. The van der Waals surface area contributed by atoms with Crippen LogP contribution in [0.1, 0.15) is 24.0 Å². The van der Waals surface area contributed by atoms with E-state index in [0.717, 1.165) is 51.2 Å². The molecule has 0 radical (unpaired) electrons. The molecule has 1 aliphatic heterocycles. The second-order valence-corrected chi connectivity index (χ2v) is 6.04. The van der Waals surface area contributed by atoms with Gasteiger partial charge in [-0.25, -0.2) is 0 Å². The molecule has 0 unspecified atom stereocenters. The van der Waals surface area contributed by atoms with Crippen molar-refractivity contribution in [2.45, 2.75) is 25.6 Å². The summed E-state index contributed by atoms with van der Waals surface area (Å²) in [5, 5.41) is 3.22. The Morgan fingerprint density at radius 3 is 2.57 bits per heavy atom.